The molecule has 0 aliphatic carbocycles. The Morgan fingerprint density at radius 2 is 2.24 bits per heavy atom. The zero-order valence-electron chi connectivity index (χ0n) is 10.5. The van der Waals surface area contributed by atoms with E-state index in [-0.39, 0.29) is 6.10 Å². The Labute approximate surface area is 102 Å². The number of nitrogens with zero attached hydrogens (tertiary/aromatic N) is 2. The molecule has 0 bridgehead atoms. The van der Waals surface area contributed by atoms with E-state index in [4.69, 9.17) is 9.84 Å². The van der Waals surface area contributed by atoms with Crippen molar-refractivity contribution >= 4 is 5.97 Å². The maximum Gasteiger partial charge on any atom is 0.303 e. The fraction of sp³-hybridized carbons (Fsp3) is 0.917. The summed E-state index contributed by atoms with van der Waals surface area (Å²) in [5.41, 5.74) is 0. The summed E-state index contributed by atoms with van der Waals surface area (Å²) < 4.78 is 5.73. The average molecular weight is 242 g/mol. The first-order valence-corrected chi connectivity index (χ1v) is 6.38. The van der Waals surface area contributed by atoms with Gasteiger partial charge >= 0.3 is 5.97 Å². The lowest BCUT2D eigenvalue weighted by molar-refractivity contribution is -0.138. The molecule has 2 fully saturated rings. The first kappa shape index (κ1) is 12.8. The van der Waals surface area contributed by atoms with E-state index in [2.05, 4.69) is 16.8 Å². The number of hydrogen-bond donors (Lipinski definition) is 1. The Morgan fingerprint density at radius 3 is 2.94 bits per heavy atom. The van der Waals surface area contributed by atoms with E-state index in [1.165, 1.54) is 0 Å². The molecule has 0 amide bonds. The number of likely N-dealkylation sites (tertiary alicyclic amines) is 1. The highest BCUT2D eigenvalue weighted by atomic mass is 16.5. The Kier molecular flexibility index (Phi) is 4.36. The minimum atomic E-state index is -0.675. The van der Waals surface area contributed by atoms with Gasteiger partial charge in [0.15, 0.2) is 0 Å². The molecule has 0 saturated carbocycles. The van der Waals surface area contributed by atoms with Crippen molar-refractivity contribution < 1.29 is 14.6 Å². The van der Waals surface area contributed by atoms with Crippen LogP contribution in [0.2, 0.25) is 0 Å². The molecular formula is C12H22N2O3. The standard InChI is InChI=1S/C12H22N2O3/c1-13-4-5-17-11(8-13)9-14-3-2-10(7-14)6-12(15)16/h10-11H,2-9H2,1H3,(H,15,16). The summed E-state index contributed by atoms with van der Waals surface area (Å²) >= 11 is 0. The first-order chi connectivity index (χ1) is 8.13. The van der Waals surface area contributed by atoms with E-state index in [0.29, 0.717) is 12.3 Å². The minimum absolute atomic E-state index is 0.289. The van der Waals surface area contributed by atoms with Crippen LogP contribution in [0.1, 0.15) is 12.8 Å². The molecule has 2 aliphatic heterocycles. The van der Waals surface area contributed by atoms with Crippen molar-refractivity contribution in [1.82, 2.24) is 9.80 Å². The van der Waals surface area contributed by atoms with Crippen LogP contribution in [-0.2, 0) is 9.53 Å². The molecule has 17 heavy (non-hydrogen) atoms. The fourth-order valence-corrected chi connectivity index (χ4v) is 2.76. The van der Waals surface area contributed by atoms with Gasteiger partial charge in [-0.05, 0) is 25.9 Å². The number of carboxylic acid groups (broad SMARTS) is 1. The Morgan fingerprint density at radius 1 is 1.41 bits per heavy atom. The van der Waals surface area contributed by atoms with Crippen LogP contribution in [0.5, 0.6) is 0 Å². The predicted molar refractivity (Wildman–Crippen MR) is 64.0 cm³/mol. The molecule has 1 N–H and O–H groups in total. The Balaban J connectivity index is 1.71. The van der Waals surface area contributed by atoms with Crippen molar-refractivity contribution in [2.45, 2.75) is 18.9 Å². The second-order valence-corrected chi connectivity index (χ2v) is 5.27. The third kappa shape index (κ3) is 3.94. The summed E-state index contributed by atoms with van der Waals surface area (Å²) in [6, 6.07) is 0. The molecule has 2 aliphatic rings. The SMILES string of the molecule is CN1CCOC(CN2CCC(CC(=O)O)C2)C1. The van der Waals surface area contributed by atoms with Crippen molar-refractivity contribution in [2.75, 3.05) is 46.4 Å². The zero-order chi connectivity index (χ0) is 12.3. The van der Waals surface area contributed by atoms with Gasteiger partial charge in [0.2, 0.25) is 0 Å². The van der Waals surface area contributed by atoms with Crippen molar-refractivity contribution in [3.05, 3.63) is 0 Å². The van der Waals surface area contributed by atoms with Crippen molar-refractivity contribution in [3.8, 4) is 0 Å². The van der Waals surface area contributed by atoms with Crippen molar-refractivity contribution in [2.24, 2.45) is 5.92 Å². The predicted octanol–water partition coefficient (Wildman–Crippen LogP) is 0.114. The quantitative estimate of drug-likeness (QED) is 0.758. The van der Waals surface area contributed by atoms with E-state index >= 15 is 0 Å². The second-order valence-electron chi connectivity index (χ2n) is 5.27. The molecule has 0 aromatic rings. The molecule has 2 rings (SSSR count). The summed E-state index contributed by atoms with van der Waals surface area (Å²) in [6.07, 6.45) is 1.61. The Hall–Kier alpha value is -0.650. The summed E-state index contributed by atoms with van der Waals surface area (Å²) in [7, 11) is 2.12. The van der Waals surface area contributed by atoms with E-state index in [1.54, 1.807) is 0 Å². The van der Waals surface area contributed by atoms with Crippen LogP contribution in [0.3, 0.4) is 0 Å². The maximum absolute atomic E-state index is 10.6. The summed E-state index contributed by atoms with van der Waals surface area (Å²) in [5, 5.41) is 8.77. The number of carboxylic acids is 1. The van der Waals surface area contributed by atoms with Gasteiger partial charge in [0.25, 0.3) is 0 Å². The van der Waals surface area contributed by atoms with Gasteiger partial charge < -0.3 is 19.6 Å². The van der Waals surface area contributed by atoms with Crippen molar-refractivity contribution in [3.63, 3.8) is 0 Å². The van der Waals surface area contributed by atoms with Crippen LogP contribution >= 0.6 is 0 Å². The highest BCUT2D eigenvalue weighted by Crippen LogP contribution is 2.20. The lowest BCUT2D eigenvalue weighted by Crippen LogP contribution is -2.45. The number of rotatable bonds is 4. The largest absolute Gasteiger partial charge is 0.481 e. The van der Waals surface area contributed by atoms with Gasteiger partial charge in [-0.2, -0.15) is 0 Å². The number of hydrogen-bond acceptors (Lipinski definition) is 4. The van der Waals surface area contributed by atoms with Gasteiger partial charge in [-0.25, -0.2) is 0 Å². The molecule has 0 spiro atoms. The van der Waals surface area contributed by atoms with Crippen molar-refractivity contribution in [1.29, 1.82) is 0 Å². The number of aliphatic carboxylic acids is 1. The maximum atomic E-state index is 10.6. The van der Waals surface area contributed by atoms with E-state index in [1.807, 2.05) is 0 Å². The average Bonchev–Trinajstić information content (AvgIpc) is 2.64. The summed E-state index contributed by atoms with van der Waals surface area (Å²) in [5.74, 6) is -0.348. The third-order valence-electron chi connectivity index (χ3n) is 3.64. The third-order valence-corrected chi connectivity index (χ3v) is 3.64. The molecular weight excluding hydrogens is 220 g/mol. The number of likely N-dealkylation sites (N-methyl/N-ethyl adjacent to an activating group) is 1. The summed E-state index contributed by atoms with van der Waals surface area (Å²) in [6.45, 7) is 5.68. The lowest BCUT2D eigenvalue weighted by atomic mass is 10.1. The van der Waals surface area contributed by atoms with Crippen LogP contribution in [0.25, 0.3) is 0 Å². The highest BCUT2D eigenvalue weighted by molar-refractivity contribution is 5.67. The van der Waals surface area contributed by atoms with Crippen LogP contribution in [0.4, 0.5) is 0 Å². The van der Waals surface area contributed by atoms with E-state index in [9.17, 15) is 4.79 Å². The molecule has 5 heteroatoms. The minimum Gasteiger partial charge on any atom is -0.481 e. The molecule has 0 aromatic heterocycles. The topological polar surface area (TPSA) is 53.0 Å². The number of morpholine rings is 1. The molecule has 2 heterocycles. The molecule has 5 nitrogen and oxygen atoms in total. The lowest BCUT2D eigenvalue weighted by Gasteiger charge is -2.32. The van der Waals surface area contributed by atoms with Crippen LogP contribution in [-0.4, -0.2) is 73.4 Å². The van der Waals surface area contributed by atoms with Crippen LogP contribution < -0.4 is 0 Å². The zero-order valence-corrected chi connectivity index (χ0v) is 10.5. The smallest absolute Gasteiger partial charge is 0.303 e. The number of carbonyl (C=O) groups is 1. The Bertz CT molecular complexity index is 272. The van der Waals surface area contributed by atoms with Gasteiger partial charge in [-0.15, -0.1) is 0 Å². The van der Waals surface area contributed by atoms with Gasteiger partial charge in [-0.1, -0.05) is 0 Å². The van der Waals surface area contributed by atoms with E-state index < -0.39 is 5.97 Å². The molecule has 2 atom stereocenters. The van der Waals surface area contributed by atoms with Gasteiger partial charge in [0.1, 0.15) is 0 Å². The number of ether oxygens (including phenoxy) is 1. The highest BCUT2D eigenvalue weighted by Gasteiger charge is 2.27. The summed E-state index contributed by atoms with van der Waals surface area (Å²) in [4.78, 5) is 15.3. The second kappa shape index (κ2) is 5.80. The molecule has 2 saturated heterocycles. The first-order valence-electron chi connectivity index (χ1n) is 6.38. The molecule has 0 aromatic carbocycles. The van der Waals surface area contributed by atoms with Gasteiger partial charge in [0.05, 0.1) is 12.7 Å². The molecule has 2 unspecified atom stereocenters. The normalized spacial score (nSPS) is 31.8. The monoisotopic (exact) mass is 242 g/mol. The van der Waals surface area contributed by atoms with E-state index in [0.717, 1.165) is 45.8 Å². The molecule has 0 radical (unpaired) electrons. The van der Waals surface area contributed by atoms with Crippen LogP contribution in [0, 0.1) is 5.92 Å². The van der Waals surface area contributed by atoms with Crippen LogP contribution in [0.15, 0.2) is 0 Å². The van der Waals surface area contributed by atoms with Gasteiger partial charge in [0, 0.05) is 32.6 Å². The molecule has 98 valence electrons. The fourth-order valence-electron chi connectivity index (χ4n) is 2.76. The van der Waals surface area contributed by atoms with Gasteiger partial charge in [-0.3, -0.25) is 4.79 Å².